The summed E-state index contributed by atoms with van der Waals surface area (Å²) >= 11 is 4.06. The molecule has 0 amide bonds. The van der Waals surface area contributed by atoms with E-state index in [1.807, 2.05) is 6.07 Å². The molecule has 1 heterocycles. The molecular weight excluding hydrogens is 329 g/mol. The topological polar surface area (TPSA) is 12.9 Å². The van der Waals surface area contributed by atoms with Crippen LogP contribution in [0, 0.1) is 3.57 Å². The van der Waals surface area contributed by atoms with Gasteiger partial charge in [0.1, 0.15) is 5.01 Å². The fraction of sp³-hybridized carbons (Fsp3) is 0. The summed E-state index contributed by atoms with van der Waals surface area (Å²) in [4.78, 5) is 4.63. The third kappa shape index (κ3) is 1.85. The van der Waals surface area contributed by atoms with Gasteiger partial charge in [-0.1, -0.05) is 24.3 Å². The van der Waals surface area contributed by atoms with Gasteiger partial charge in [-0.05, 0) is 46.9 Å². The molecule has 0 aliphatic rings. The lowest BCUT2D eigenvalue weighted by Gasteiger charge is -1.94. The van der Waals surface area contributed by atoms with Gasteiger partial charge in [-0.15, -0.1) is 11.3 Å². The quantitative estimate of drug-likeness (QED) is 0.593. The number of hydrogen-bond donors (Lipinski definition) is 0. The monoisotopic (exact) mass is 337 g/mol. The molecule has 3 heteroatoms. The van der Waals surface area contributed by atoms with E-state index < -0.39 is 0 Å². The van der Waals surface area contributed by atoms with E-state index in [1.54, 1.807) is 11.3 Å². The van der Waals surface area contributed by atoms with Crippen LogP contribution >= 0.6 is 33.9 Å². The van der Waals surface area contributed by atoms with Gasteiger partial charge in [-0.2, -0.15) is 0 Å². The Morgan fingerprint density at radius 1 is 0.938 bits per heavy atom. The summed E-state index contributed by atoms with van der Waals surface area (Å²) in [6.45, 7) is 0. The molecule has 0 N–H and O–H groups in total. The van der Waals surface area contributed by atoms with Crippen molar-refractivity contribution >= 4 is 44.1 Å². The van der Waals surface area contributed by atoms with E-state index in [1.165, 1.54) is 13.8 Å². The molecule has 3 rings (SSSR count). The molecule has 0 saturated heterocycles. The molecule has 78 valence electrons. The Morgan fingerprint density at radius 2 is 1.69 bits per heavy atom. The number of thiazole rings is 1. The highest BCUT2D eigenvalue weighted by molar-refractivity contribution is 14.1. The SMILES string of the molecule is Ic1ccc(-c2nc3ccccc3s2)cc1. The molecular formula is C13H8INS. The van der Waals surface area contributed by atoms with E-state index in [0.717, 1.165) is 10.5 Å². The number of rotatable bonds is 1. The van der Waals surface area contributed by atoms with Crippen LogP contribution in [0.3, 0.4) is 0 Å². The average Bonchev–Trinajstić information content (AvgIpc) is 2.73. The summed E-state index contributed by atoms with van der Waals surface area (Å²) in [7, 11) is 0. The van der Waals surface area contributed by atoms with Crippen molar-refractivity contribution in [3.8, 4) is 10.6 Å². The summed E-state index contributed by atoms with van der Waals surface area (Å²) in [5.74, 6) is 0. The fourth-order valence-electron chi connectivity index (χ4n) is 1.59. The van der Waals surface area contributed by atoms with Crippen molar-refractivity contribution in [3.05, 3.63) is 52.1 Å². The Labute approximate surface area is 111 Å². The lowest BCUT2D eigenvalue weighted by molar-refractivity contribution is 1.47. The molecule has 1 aromatic heterocycles. The van der Waals surface area contributed by atoms with Crippen molar-refractivity contribution in [1.82, 2.24) is 4.98 Å². The third-order valence-electron chi connectivity index (χ3n) is 2.39. The van der Waals surface area contributed by atoms with Crippen molar-refractivity contribution in [2.75, 3.05) is 0 Å². The zero-order valence-electron chi connectivity index (χ0n) is 8.35. The number of hydrogen-bond acceptors (Lipinski definition) is 2. The normalized spacial score (nSPS) is 10.8. The Balaban J connectivity index is 2.15. The highest BCUT2D eigenvalue weighted by Crippen LogP contribution is 2.29. The first-order valence-corrected chi connectivity index (χ1v) is 6.84. The van der Waals surface area contributed by atoms with Gasteiger partial charge in [0, 0.05) is 9.13 Å². The minimum absolute atomic E-state index is 1.08. The standard InChI is InChI=1S/C13H8INS/c14-10-7-5-9(6-8-10)13-15-11-3-1-2-4-12(11)16-13/h1-8H. The van der Waals surface area contributed by atoms with E-state index in [4.69, 9.17) is 0 Å². The molecule has 2 aromatic carbocycles. The van der Waals surface area contributed by atoms with Gasteiger partial charge >= 0.3 is 0 Å². The average molecular weight is 337 g/mol. The predicted octanol–water partition coefficient (Wildman–Crippen LogP) is 4.57. The van der Waals surface area contributed by atoms with Crippen molar-refractivity contribution in [1.29, 1.82) is 0 Å². The maximum Gasteiger partial charge on any atom is 0.124 e. The molecule has 0 bridgehead atoms. The predicted molar refractivity (Wildman–Crippen MR) is 77.8 cm³/mol. The Kier molecular flexibility index (Phi) is 2.65. The first-order chi connectivity index (χ1) is 7.83. The third-order valence-corrected chi connectivity index (χ3v) is 4.19. The highest BCUT2D eigenvalue weighted by atomic mass is 127. The Morgan fingerprint density at radius 3 is 2.44 bits per heavy atom. The van der Waals surface area contributed by atoms with Gasteiger partial charge < -0.3 is 0 Å². The van der Waals surface area contributed by atoms with Gasteiger partial charge in [0.05, 0.1) is 10.2 Å². The summed E-state index contributed by atoms with van der Waals surface area (Å²) in [6, 6.07) is 16.7. The molecule has 0 aliphatic heterocycles. The lowest BCUT2D eigenvalue weighted by atomic mass is 10.2. The molecule has 16 heavy (non-hydrogen) atoms. The Bertz CT molecular complexity index is 595. The first kappa shape index (κ1) is 10.2. The van der Waals surface area contributed by atoms with Crippen LogP contribution in [0.5, 0.6) is 0 Å². The van der Waals surface area contributed by atoms with Gasteiger partial charge in [0.15, 0.2) is 0 Å². The van der Waals surface area contributed by atoms with Gasteiger partial charge in [0.2, 0.25) is 0 Å². The maximum absolute atomic E-state index is 4.63. The van der Waals surface area contributed by atoms with Gasteiger partial charge in [0.25, 0.3) is 0 Å². The van der Waals surface area contributed by atoms with Gasteiger partial charge in [-0.3, -0.25) is 0 Å². The van der Waals surface area contributed by atoms with E-state index >= 15 is 0 Å². The van der Waals surface area contributed by atoms with Gasteiger partial charge in [-0.25, -0.2) is 4.98 Å². The summed E-state index contributed by atoms with van der Waals surface area (Å²) < 4.78 is 2.50. The second kappa shape index (κ2) is 4.14. The molecule has 0 atom stereocenters. The molecule has 1 nitrogen and oxygen atoms in total. The fourth-order valence-corrected chi connectivity index (χ4v) is 2.92. The van der Waals surface area contributed by atoms with Crippen LogP contribution in [0.25, 0.3) is 20.8 Å². The maximum atomic E-state index is 4.63. The molecule has 0 spiro atoms. The molecule has 0 fully saturated rings. The van der Waals surface area contributed by atoms with Crippen LogP contribution in [0.1, 0.15) is 0 Å². The number of aromatic nitrogens is 1. The molecule has 0 aliphatic carbocycles. The highest BCUT2D eigenvalue weighted by Gasteiger charge is 2.04. The molecule has 0 unspecified atom stereocenters. The van der Waals surface area contributed by atoms with Crippen molar-refractivity contribution < 1.29 is 0 Å². The van der Waals surface area contributed by atoms with Crippen molar-refractivity contribution in [2.45, 2.75) is 0 Å². The number of fused-ring (bicyclic) bond motifs is 1. The second-order valence-electron chi connectivity index (χ2n) is 3.49. The second-order valence-corrected chi connectivity index (χ2v) is 5.77. The van der Waals surface area contributed by atoms with E-state index in [9.17, 15) is 0 Å². The van der Waals surface area contributed by atoms with E-state index in [2.05, 4.69) is 70.0 Å². The number of halogens is 1. The molecule has 3 aromatic rings. The molecule has 0 radical (unpaired) electrons. The van der Waals surface area contributed by atoms with Crippen LogP contribution in [0.15, 0.2) is 48.5 Å². The number of benzene rings is 2. The minimum Gasteiger partial charge on any atom is -0.236 e. The van der Waals surface area contributed by atoms with Crippen LogP contribution < -0.4 is 0 Å². The first-order valence-electron chi connectivity index (χ1n) is 4.94. The van der Waals surface area contributed by atoms with Crippen LogP contribution in [-0.4, -0.2) is 4.98 Å². The number of nitrogens with zero attached hydrogens (tertiary/aromatic N) is 1. The Hall–Kier alpha value is -0.940. The van der Waals surface area contributed by atoms with E-state index in [0.29, 0.717) is 0 Å². The zero-order chi connectivity index (χ0) is 11.0. The lowest BCUT2D eigenvalue weighted by Crippen LogP contribution is -1.75. The molecule has 0 saturated carbocycles. The van der Waals surface area contributed by atoms with Crippen molar-refractivity contribution in [3.63, 3.8) is 0 Å². The number of para-hydroxylation sites is 1. The summed E-state index contributed by atoms with van der Waals surface area (Å²) in [5, 5.41) is 1.10. The van der Waals surface area contributed by atoms with Crippen LogP contribution in [0.2, 0.25) is 0 Å². The minimum atomic E-state index is 1.08. The largest absolute Gasteiger partial charge is 0.236 e. The van der Waals surface area contributed by atoms with Crippen LogP contribution in [0.4, 0.5) is 0 Å². The zero-order valence-corrected chi connectivity index (χ0v) is 11.3. The summed E-state index contributed by atoms with van der Waals surface area (Å²) in [5.41, 5.74) is 2.28. The van der Waals surface area contributed by atoms with Crippen molar-refractivity contribution in [2.24, 2.45) is 0 Å². The smallest absolute Gasteiger partial charge is 0.124 e. The van der Waals surface area contributed by atoms with E-state index in [-0.39, 0.29) is 0 Å². The van der Waals surface area contributed by atoms with Crippen LogP contribution in [-0.2, 0) is 0 Å². The summed E-state index contributed by atoms with van der Waals surface area (Å²) in [6.07, 6.45) is 0.